The molecule has 0 aromatic carbocycles. The Morgan fingerprint density at radius 2 is 2.35 bits per heavy atom. The average Bonchev–Trinajstić information content (AvgIpc) is 2.91. The molecule has 2 aromatic rings. The summed E-state index contributed by atoms with van der Waals surface area (Å²) >= 11 is 4.40. The average molecular weight is 287 g/mol. The minimum Gasteiger partial charge on any atom is -0.466 e. The molecule has 2 aromatic heterocycles. The number of carbonyl (C=O) groups is 1. The van der Waals surface area contributed by atoms with Gasteiger partial charge in [0.1, 0.15) is 5.01 Å². The van der Waals surface area contributed by atoms with Crippen LogP contribution in [-0.2, 0) is 16.0 Å². The molecule has 8 heteroatoms. The maximum absolute atomic E-state index is 11.2. The summed E-state index contributed by atoms with van der Waals surface area (Å²) in [4.78, 5) is 15.4. The highest BCUT2D eigenvalue weighted by Gasteiger charge is 2.11. The molecule has 0 atom stereocenters. The minimum atomic E-state index is -0.269. The first-order chi connectivity index (χ1) is 8.28. The SMILES string of the molecule is CCOC(=O)Cc1nnc(Sc2nccs2)s1. The Bertz CT molecular complexity index is 483. The molecule has 2 rings (SSSR count). The van der Waals surface area contributed by atoms with Crippen LogP contribution >= 0.6 is 34.4 Å². The first-order valence-electron chi connectivity index (χ1n) is 4.83. The fraction of sp³-hybridized carbons (Fsp3) is 0.333. The Labute approximate surface area is 110 Å². The van der Waals surface area contributed by atoms with Crippen LogP contribution in [0.4, 0.5) is 0 Å². The van der Waals surface area contributed by atoms with Gasteiger partial charge in [0.25, 0.3) is 0 Å². The second-order valence-electron chi connectivity index (χ2n) is 2.84. The number of hydrogen-bond acceptors (Lipinski definition) is 8. The lowest BCUT2D eigenvalue weighted by Crippen LogP contribution is -2.07. The van der Waals surface area contributed by atoms with E-state index in [1.807, 2.05) is 5.38 Å². The standard InChI is InChI=1S/C9H9N3O2S3/c1-2-14-7(13)5-6-11-12-9(16-6)17-8-10-3-4-15-8/h3-4H,2,5H2,1H3. The fourth-order valence-corrected chi connectivity index (χ4v) is 3.73. The Hall–Kier alpha value is -0.990. The molecule has 0 spiro atoms. The molecule has 0 bridgehead atoms. The molecule has 0 saturated carbocycles. The van der Waals surface area contributed by atoms with E-state index in [4.69, 9.17) is 4.74 Å². The van der Waals surface area contributed by atoms with Gasteiger partial charge >= 0.3 is 5.97 Å². The van der Waals surface area contributed by atoms with Crippen LogP contribution in [-0.4, -0.2) is 27.8 Å². The van der Waals surface area contributed by atoms with Crippen molar-refractivity contribution < 1.29 is 9.53 Å². The molecule has 0 saturated heterocycles. The molecule has 90 valence electrons. The highest BCUT2D eigenvalue weighted by Crippen LogP contribution is 2.31. The largest absolute Gasteiger partial charge is 0.466 e. The molecule has 0 amide bonds. The van der Waals surface area contributed by atoms with Gasteiger partial charge in [0.2, 0.25) is 0 Å². The first-order valence-corrected chi connectivity index (χ1v) is 7.34. The molecule has 0 aliphatic heterocycles. The summed E-state index contributed by atoms with van der Waals surface area (Å²) in [5.74, 6) is -0.269. The summed E-state index contributed by atoms with van der Waals surface area (Å²) < 4.78 is 6.55. The lowest BCUT2D eigenvalue weighted by atomic mass is 10.5. The van der Waals surface area contributed by atoms with Gasteiger partial charge in [-0.05, 0) is 18.7 Å². The zero-order valence-electron chi connectivity index (χ0n) is 8.95. The summed E-state index contributed by atoms with van der Waals surface area (Å²) in [7, 11) is 0. The number of carbonyl (C=O) groups excluding carboxylic acids is 1. The number of aromatic nitrogens is 3. The summed E-state index contributed by atoms with van der Waals surface area (Å²) in [6.45, 7) is 2.17. The van der Waals surface area contributed by atoms with E-state index in [2.05, 4.69) is 15.2 Å². The third-order valence-electron chi connectivity index (χ3n) is 1.63. The van der Waals surface area contributed by atoms with Crippen LogP contribution in [0.3, 0.4) is 0 Å². The maximum atomic E-state index is 11.2. The van der Waals surface area contributed by atoms with Gasteiger partial charge < -0.3 is 4.74 Å². The van der Waals surface area contributed by atoms with E-state index in [0.717, 1.165) is 8.68 Å². The topological polar surface area (TPSA) is 65.0 Å². The lowest BCUT2D eigenvalue weighted by Gasteiger charge is -1.96. The van der Waals surface area contributed by atoms with Gasteiger partial charge in [-0.2, -0.15) is 0 Å². The Kier molecular flexibility index (Phi) is 4.46. The molecule has 2 heterocycles. The van der Waals surface area contributed by atoms with Crippen molar-refractivity contribution in [3.63, 3.8) is 0 Å². The number of rotatable bonds is 5. The lowest BCUT2D eigenvalue weighted by molar-refractivity contribution is -0.142. The zero-order valence-corrected chi connectivity index (χ0v) is 11.4. The first kappa shape index (κ1) is 12.5. The van der Waals surface area contributed by atoms with Crippen LogP contribution < -0.4 is 0 Å². The maximum Gasteiger partial charge on any atom is 0.312 e. The van der Waals surface area contributed by atoms with Crippen LogP contribution in [0.5, 0.6) is 0 Å². The highest BCUT2D eigenvalue weighted by molar-refractivity contribution is 8.02. The fourth-order valence-electron chi connectivity index (χ4n) is 1.02. The molecule has 0 aliphatic rings. The van der Waals surface area contributed by atoms with E-state index in [1.54, 1.807) is 24.5 Å². The van der Waals surface area contributed by atoms with Crippen molar-refractivity contribution in [3.05, 3.63) is 16.6 Å². The van der Waals surface area contributed by atoms with E-state index < -0.39 is 0 Å². The third-order valence-corrected chi connectivity index (χ3v) is 4.49. The van der Waals surface area contributed by atoms with Gasteiger partial charge in [-0.15, -0.1) is 21.5 Å². The van der Waals surface area contributed by atoms with Crippen molar-refractivity contribution in [2.45, 2.75) is 22.0 Å². The summed E-state index contributed by atoms with van der Waals surface area (Å²) in [6, 6.07) is 0. The Morgan fingerprint density at radius 3 is 3.06 bits per heavy atom. The molecule has 5 nitrogen and oxygen atoms in total. The molecule has 17 heavy (non-hydrogen) atoms. The van der Waals surface area contributed by atoms with Gasteiger partial charge in [-0.1, -0.05) is 11.3 Å². The van der Waals surface area contributed by atoms with Crippen molar-refractivity contribution in [1.29, 1.82) is 0 Å². The van der Waals surface area contributed by atoms with Crippen LogP contribution in [0, 0.1) is 0 Å². The molecule has 0 aliphatic carbocycles. The van der Waals surface area contributed by atoms with Crippen molar-refractivity contribution >= 4 is 40.4 Å². The van der Waals surface area contributed by atoms with Crippen LogP contribution in [0.25, 0.3) is 0 Å². The van der Waals surface area contributed by atoms with Gasteiger partial charge in [-0.25, -0.2) is 4.98 Å². The van der Waals surface area contributed by atoms with E-state index in [0.29, 0.717) is 11.6 Å². The predicted octanol–water partition coefficient (Wildman–Crippen LogP) is 2.25. The van der Waals surface area contributed by atoms with E-state index in [1.165, 1.54) is 23.1 Å². The number of esters is 1. The quantitative estimate of drug-likeness (QED) is 0.786. The zero-order chi connectivity index (χ0) is 12.1. The van der Waals surface area contributed by atoms with Gasteiger partial charge in [-0.3, -0.25) is 4.79 Å². The molecule has 0 radical (unpaired) electrons. The molecular weight excluding hydrogens is 278 g/mol. The smallest absolute Gasteiger partial charge is 0.312 e. The van der Waals surface area contributed by atoms with Gasteiger partial charge in [0.05, 0.1) is 13.0 Å². The summed E-state index contributed by atoms with van der Waals surface area (Å²) in [5, 5.41) is 10.5. The third kappa shape index (κ3) is 3.76. The van der Waals surface area contributed by atoms with E-state index in [9.17, 15) is 4.79 Å². The van der Waals surface area contributed by atoms with Crippen molar-refractivity contribution in [2.24, 2.45) is 0 Å². The molecule has 0 N–H and O–H groups in total. The normalized spacial score (nSPS) is 10.4. The van der Waals surface area contributed by atoms with Gasteiger partial charge in [0.15, 0.2) is 8.68 Å². The van der Waals surface area contributed by atoms with E-state index >= 15 is 0 Å². The Morgan fingerprint density at radius 1 is 1.47 bits per heavy atom. The second kappa shape index (κ2) is 6.08. The summed E-state index contributed by atoms with van der Waals surface area (Å²) in [6.07, 6.45) is 1.93. The number of ether oxygens (including phenoxy) is 1. The van der Waals surface area contributed by atoms with Crippen molar-refractivity contribution in [1.82, 2.24) is 15.2 Å². The van der Waals surface area contributed by atoms with Crippen molar-refractivity contribution in [3.8, 4) is 0 Å². The number of hydrogen-bond donors (Lipinski definition) is 0. The number of nitrogens with zero attached hydrogens (tertiary/aromatic N) is 3. The highest BCUT2D eigenvalue weighted by atomic mass is 32.2. The monoisotopic (exact) mass is 287 g/mol. The molecular formula is C9H9N3O2S3. The van der Waals surface area contributed by atoms with Crippen LogP contribution in [0.15, 0.2) is 20.3 Å². The van der Waals surface area contributed by atoms with Crippen molar-refractivity contribution in [2.75, 3.05) is 6.61 Å². The van der Waals surface area contributed by atoms with E-state index in [-0.39, 0.29) is 12.4 Å². The molecule has 0 fully saturated rings. The molecule has 0 unspecified atom stereocenters. The van der Waals surface area contributed by atoms with Crippen LogP contribution in [0.1, 0.15) is 11.9 Å². The van der Waals surface area contributed by atoms with Crippen LogP contribution in [0.2, 0.25) is 0 Å². The predicted molar refractivity (Wildman–Crippen MR) is 66.5 cm³/mol. The van der Waals surface area contributed by atoms with Gasteiger partial charge in [0, 0.05) is 11.6 Å². The Balaban J connectivity index is 1.94. The summed E-state index contributed by atoms with van der Waals surface area (Å²) in [5.41, 5.74) is 0. The minimum absolute atomic E-state index is 0.184. The number of thiazole rings is 1. The second-order valence-corrected chi connectivity index (χ2v) is 6.29.